The summed E-state index contributed by atoms with van der Waals surface area (Å²) in [6, 6.07) is 4.03. The van der Waals surface area contributed by atoms with Gasteiger partial charge in [0.25, 0.3) is 0 Å². The van der Waals surface area contributed by atoms with E-state index < -0.39 is 0 Å². The Balaban J connectivity index is 2.26. The summed E-state index contributed by atoms with van der Waals surface area (Å²) >= 11 is 3.55. The minimum absolute atomic E-state index is 0.242. The first-order chi connectivity index (χ1) is 7.99. The molecule has 0 aromatic heterocycles. The lowest BCUT2D eigenvalue weighted by atomic mass is 9.95. The molecule has 94 valence electrons. The third-order valence-corrected chi connectivity index (χ3v) is 4.23. The van der Waals surface area contributed by atoms with E-state index in [1.54, 1.807) is 0 Å². The minimum Gasteiger partial charge on any atom is -0.398 e. The van der Waals surface area contributed by atoms with Crippen LogP contribution in [0.15, 0.2) is 16.6 Å². The number of piperidine rings is 1. The van der Waals surface area contributed by atoms with E-state index in [-0.39, 0.29) is 6.10 Å². The van der Waals surface area contributed by atoms with Crippen LogP contribution in [-0.2, 0) is 0 Å². The second kappa shape index (κ2) is 4.86. The van der Waals surface area contributed by atoms with E-state index in [4.69, 9.17) is 5.73 Å². The molecule has 0 bridgehead atoms. The molecule has 17 heavy (non-hydrogen) atoms. The maximum absolute atomic E-state index is 9.94. The van der Waals surface area contributed by atoms with E-state index >= 15 is 0 Å². The average Bonchev–Trinajstić information content (AvgIpc) is 2.27. The molecular weight excluding hydrogens is 280 g/mol. The fraction of sp³-hybridized carbons (Fsp3) is 0.538. The quantitative estimate of drug-likeness (QED) is 0.784. The molecule has 1 heterocycles. The molecule has 2 atom stereocenters. The largest absolute Gasteiger partial charge is 0.398 e. The molecule has 0 spiro atoms. The summed E-state index contributed by atoms with van der Waals surface area (Å²) in [7, 11) is 0. The van der Waals surface area contributed by atoms with Gasteiger partial charge < -0.3 is 15.7 Å². The molecule has 1 fully saturated rings. The first-order valence-corrected chi connectivity index (χ1v) is 6.77. The fourth-order valence-corrected chi connectivity index (χ4v) is 2.80. The van der Waals surface area contributed by atoms with Crippen LogP contribution in [0.5, 0.6) is 0 Å². The fourth-order valence-electron chi connectivity index (χ4n) is 2.19. The van der Waals surface area contributed by atoms with Crippen molar-refractivity contribution in [1.82, 2.24) is 0 Å². The molecule has 2 unspecified atom stereocenters. The Morgan fingerprint density at radius 1 is 1.47 bits per heavy atom. The molecule has 1 aliphatic rings. The number of nitrogen functional groups attached to an aromatic ring is 1. The van der Waals surface area contributed by atoms with Crippen LogP contribution in [0.2, 0.25) is 0 Å². The Kier molecular flexibility index (Phi) is 3.64. The van der Waals surface area contributed by atoms with Crippen LogP contribution in [0.25, 0.3) is 0 Å². The topological polar surface area (TPSA) is 49.5 Å². The Hall–Kier alpha value is -0.740. The van der Waals surface area contributed by atoms with Gasteiger partial charge in [-0.05, 0) is 52.9 Å². The van der Waals surface area contributed by atoms with E-state index in [1.807, 2.05) is 13.0 Å². The van der Waals surface area contributed by atoms with Crippen molar-refractivity contribution < 1.29 is 5.11 Å². The third kappa shape index (κ3) is 2.58. The highest BCUT2D eigenvalue weighted by molar-refractivity contribution is 9.10. The molecule has 0 aliphatic carbocycles. The highest BCUT2D eigenvalue weighted by atomic mass is 79.9. The van der Waals surface area contributed by atoms with Gasteiger partial charge in [-0.25, -0.2) is 0 Å². The highest BCUT2D eigenvalue weighted by Crippen LogP contribution is 2.33. The van der Waals surface area contributed by atoms with Gasteiger partial charge in [0.05, 0.1) is 11.8 Å². The summed E-state index contributed by atoms with van der Waals surface area (Å²) in [5.41, 5.74) is 8.88. The van der Waals surface area contributed by atoms with Crippen molar-refractivity contribution in [2.24, 2.45) is 5.92 Å². The highest BCUT2D eigenvalue weighted by Gasteiger charge is 2.25. The predicted octanol–water partition coefficient (Wildman–Crippen LogP) is 2.55. The van der Waals surface area contributed by atoms with Crippen LogP contribution in [0.1, 0.15) is 18.9 Å². The van der Waals surface area contributed by atoms with Gasteiger partial charge in [0.1, 0.15) is 0 Å². The summed E-state index contributed by atoms with van der Waals surface area (Å²) in [6.07, 6.45) is 0.783. The van der Waals surface area contributed by atoms with Crippen LogP contribution >= 0.6 is 15.9 Å². The summed E-state index contributed by atoms with van der Waals surface area (Å²) in [6.45, 7) is 5.79. The number of aryl methyl sites for hydroxylation is 1. The lowest BCUT2D eigenvalue weighted by molar-refractivity contribution is 0.103. The number of hydrogen-bond donors (Lipinski definition) is 2. The molecule has 1 aromatic rings. The number of halogens is 1. The summed E-state index contributed by atoms with van der Waals surface area (Å²) in [5, 5.41) is 9.94. The standard InChI is InChI=1S/C13H19BrN2O/c1-8-3-4-16(7-13(8)17)12-5-9(2)11(15)6-10(12)14/h5-6,8,13,17H,3-4,7,15H2,1-2H3. The number of nitrogens with zero attached hydrogens (tertiary/aromatic N) is 1. The summed E-state index contributed by atoms with van der Waals surface area (Å²) < 4.78 is 1.00. The first-order valence-electron chi connectivity index (χ1n) is 5.97. The second-order valence-corrected chi connectivity index (χ2v) is 5.79. The zero-order valence-corrected chi connectivity index (χ0v) is 11.9. The van der Waals surface area contributed by atoms with Gasteiger partial charge in [0, 0.05) is 23.2 Å². The van der Waals surface area contributed by atoms with E-state index in [2.05, 4.69) is 33.8 Å². The van der Waals surface area contributed by atoms with Crippen molar-refractivity contribution in [3.63, 3.8) is 0 Å². The van der Waals surface area contributed by atoms with Gasteiger partial charge in [0.15, 0.2) is 0 Å². The smallest absolute Gasteiger partial charge is 0.0741 e. The monoisotopic (exact) mass is 298 g/mol. The van der Waals surface area contributed by atoms with E-state index in [0.29, 0.717) is 12.5 Å². The van der Waals surface area contributed by atoms with Crippen molar-refractivity contribution in [2.75, 3.05) is 23.7 Å². The van der Waals surface area contributed by atoms with Crippen LogP contribution in [0.3, 0.4) is 0 Å². The van der Waals surface area contributed by atoms with Gasteiger partial charge in [0.2, 0.25) is 0 Å². The third-order valence-electron chi connectivity index (χ3n) is 3.59. The molecule has 2 rings (SSSR count). The summed E-state index contributed by atoms with van der Waals surface area (Å²) in [5.74, 6) is 0.389. The van der Waals surface area contributed by atoms with Crippen molar-refractivity contribution in [1.29, 1.82) is 0 Å². The molecule has 1 aromatic carbocycles. The number of hydrogen-bond acceptors (Lipinski definition) is 3. The van der Waals surface area contributed by atoms with Gasteiger partial charge >= 0.3 is 0 Å². The zero-order chi connectivity index (χ0) is 12.6. The van der Waals surface area contributed by atoms with Gasteiger partial charge in [-0.2, -0.15) is 0 Å². The molecular formula is C13H19BrN2O. The number of nitrogens with two attached hydrogens (primary N) is 1. The molecule has 3 nitrogen and oxygen atoms in total. The van der Waals surface area contributed by atoms with Crippen LogP contribution < -0.4 is 10.6 Å². The maximum atomic E-state index is 9.94. The molecule has 3 N–H and O–H groups in total. The Bertz CT molecular complexity index is 422. The van der Waals surface area contributed by atoms with Crippen LogP contribution in [0.4, 0.5) is 11.4 Å². The average molecular weight is 299 g/mol. The molecule has 0 saturated carbocycles. The number of benzene rings is 1. The maximum Gasteiger partial charge on any atom is 0.0741 e. The normalized spacial score (nSPS) is 25.1. The first kappa shape index (κ1) is 12.7. The number of rotatable bonds is 1. The lowest BCUT2D eigenvalue weighted by Crippen LogP contribution is -2.43. The van der Waals surface area contributed by atoms with Crippen molar-refractivity contribution in [3.05, 3.63) is 22.2 Å². The Labute approximate surface area is 111 Å². The number of β-amino-alcohol motifs (C(OH)–C–C–N with tert-alkyl or cyclic N) is 1. The molecule has 4 heteroatoms. The number of anilines is 2. The van der Waals surface area contributed by atoms with Gasteiger partial charge in [-0.3, -0.25) is 0 Å². The van der Waals surface area contributed by atoms with E-state index in [0.717, 1.165) is 34.4 Å². The minimum atomic E-state index is -0.242. The van der Waals surface area contributed by atoms with Gasteiger partial charge in [-0.15, -0.1) is 0 Å². The summed E-state index contributed by atoms with van der Waals surface area (Å²) in [4.78, 5) is 2.22. The SMILES string of the molecule is Cc1cc(N2CCC(C)C(O)C2)c(Br)cc1N. The van der Waals surface area contributed by atoms with Crippen molar-refractivity contribution >= 4 is 27.3 Å². The molecule has 0 radical (unpaired) electrons. The van der Waals surface area contributed by atoms with Crippen molar-refractivity contribution in [2.45, 2.75) is 26.4 Å². The lowest BCUT2D eigenvalue weighted by Gasteiger charge is -2.36. The molecule has 1 saturated heterocycles. The Morgan fingerprint density at radius 2 is 2.18 bits per heavy atom. The van der Waals surface area contributed by atoms with E-state index in [9.17, 15) is 5.11 Å². The Morgan fingerprint density at radius 3 is 2.82 bits per heavy atom. The molecule has 0 amide bonds. The number of aliphatic hydroxyl groups excluding tert-OH is 1. The van der Waals surface area contributed by atoms with Crippen molar-refractivity contribution in [3.8, 4) is 0 Å². The van der Waals surface area contributed by atoms with E-state index in [1.165, 1.54) is 0 Å². The zero-order valence-electron chi connectivity index (χ0n) is 10.3. The predicted molar refractivity (Wildman–Crippen MR) is 75.3 cm³/mol. The van der Waals surface area contributed by atoms with Gasteiger partial charge in [-0.1, -0.05) is 6.92 Å². The number of aliphatic hydroxyl groups is 1. The van der Waals surface area contributed by atoms with Crippen LogP contribution in [-0.4, -0.2) is 24.3 Å². The van der Waals surface area contributed by atoms with Crippen LogP contribution in [0, 0.1) is 12.8 Å². The molecule has 1 aliphatic heterocycles. The second-order valence-electron chi connectivity index (χ2n) is 4.94.